The lowest BCUT2D eigenvalue weighted by molar-refractivity contribution is 0.222. The number of imidazole rings is 1. The largest absolute Gasteiger partial charge is 0.493 e. The van der Waals surface area contributed by atoms with Crippen LogP contribution >= 0.6 is 0 Å². The fourth-order valence-electron chi connectivity index (χ4n) is 4.94. The number of rotatable bonds is 10. The molecule has 12 nitrogen and oxygen atoms in total. The van der Waals surface area contributed by atoms with Gasteiger partial charge in [-0.1, -0.05) is 13.8 Å². The molecule has 1 aliphatic heterocycles. The van der Waals surface area contributed by atoms with E-state index >= 15 is 0 Å². The normalized spacial score (nSPS) is 15.3. The fraction of sp³-hybridized carbons (Fsp3) is 0.519. The van der Waals surface area contributed by atoms with Crippen molar-refractivity contribution < 1.29 is 17.9 Å². The Balaban J connectivity index is 1.88. The number of benzene rings is 1. The lowest BCUT2D eigenvalue weighted by Crippen LogP contribution is -2.47. The highest BCUT2D eigenvalue weighted by atomic mass is 32.2. The van der Waals surface area contributed by atoms with E-state index in [4.69, 9.17) is 9.47 Å². The van der Waals surface area contributed by atoms with E-state index < -0.39 is 15.6 Å². The first-order valence-electron chi connectivity index (χ1n) is 13.4. The summed E-state index contributed by atoms with van der Waals surface area (Å²) in [6.45, 7) is 6.61. The lowest BCUT2D eigenvalue weighted by Gasteiger charge is -2.32. The highest BCUT2D eigenvalue weighted by Crippen LogP contribution is 2.35. The van der Waals surface area contributed by atoms with Crippen molar-refractivity contribution in [3.63, 3.8) is 0 Å². The summed E-state index contributed by atoms with van der Waals surface area (Å²) in [6.07, 6.45) is 4.62. The van der Waals surface area contributed by atoms with Crippen molar-refractivity contribution in [2.75, 3.05) is 47.4 Å². The van der Waals surface area contributed by atoms with Crippen LogP contribution < -0.4 is 20.7 Å². The molecule has 1 fully saturated rings. The highest BCUT2D eigenvalue weighted by molar-refractivity contribution is 7.89. The van der Waals surface area contributed by atoms with Crippen LogP contribution in [-0.4, -0.2) is 83.8 Å². The number of piperazine rings is 1. The summed E-state index contributed by atoms with van der Waals surface area (Å²) in [5, 5.41) is 0. The molecule has 0 N–H and O–H groups in total. The van der Waals surface area contributed by atoms with Crippen LogP contribution in [0.25, 0.3) is 23.3 Å². The van der Waals surface area contributed by atoms with Gasteiger partial charge in [0.05, 0.1) is 19.1 Å². The van der Waals surface area contributed by atoms with Crippen molar-refractivity contribution in [1.82, 2.24) is 27.9 Å². The number of fused-ring (bicyclic) bond motifs is 1. The van der Waals surface area contributed by atoms with Crippen LogP contribution in [0.3, 0.4) is 0 Å². The van der Waals surface area contributed by atoms with E-state index in [2.05, 4.69) is 9.88 Å². The second kappa shape index (κ2) is 12.0. The van der Waals surface area contributed by atoms with Gasteiger partial charge in [0, 0.05) is 52.4 Å². The van der Waals surface area contributed by atoms with E-state index in [1.165, 1.54) is 33.7 Å². The smallest absolute Gasteiger partial charge is 0.332 e. The Morgan fingerprint density at radius 3 is 2.10 bits per heavy atom. The first kappa shape index (κ1) is 29.6. The molecule has 218 valence electrons. The zero-order valence-electron chi connectivity index (χ0n) is 24.0. The predicted molar refractivity (Wildman–Crippen MR) is 155 cm³/mol. The molecule has 0 saturated carbocycles. The van der Waals surface area contributed by atoms with Gasteiger partial charge < -0.3 is 18.9 Å². The van der Waals surface area contributed by atoms with E-state index in [-0.39, 0.29) is 10.6 Å². The zero-order valence-corrected chi connectivity index (χ0v) is 24.8. The molecule has 40 heavy (non-hydrogen) atoms. The van der Waals surface area contributed by atoms with Gasteiger partial charge in [-0.2, -0.15) is 4.31 Å². The monoisotopic (exact) mass is 574 g/mol. The van der Waals surface area contributed by atoms with E-state index in [1.807, 2.05) is 20.9 Å². The van der Waals surface area contributed by atoms with Crippen LogP contribution in [0.5, 0.6) is 11.5 Å². The third-order valence-corrected chi connectivity index (χ3v) is 9.13. The van der Waals surface area contributed by atoms with Gasteiger partial charge in [0.15, 0.2) is 22.7 Å². The summed E-state index contributed by atoms with van der Waals surface area (Å²) in [5.41, 5.74) is 0.240. The first-order chi connectivity index (χ1) is 19.1. The van der Waals surface area contributed by atoms with Crippen LogP contribution in [0.1, 0.15) is 38.1 Å². The second-order valence-corrected chi connectivity index (χ2v) is 11.8. The third kappa shape index (κ3) is 5.32. The molecule has 0 spiro atoms. The molecule has 2 aromatic heterocycles. The maximum atomic E-state index is 13.8. The minimum atomic E-state index is -3.86. The maximum Gasteiger partial charge on any atom is 0.332 e. The quantitative estimate of drug-likeness (QED) is 0.360. The number of hydrogen-bond donors (Lipinski definition) is 0. The van der Waals surface area contributed by atoms with E-state index in [0.29, 0.717) is 86.2 Å². The van der Waals surface area contributed by atoms with Gasteiger partial charge in [-0.05, 0) is 43.7 Å². The van der Waals surface area contributed by atoms with Gasteiger partial charge in [-0.3, -0.25) is 13.9 Å². The fourth-order valence-corrected chi connectivity index (χ4v) is 6.54. The number of hydrogen-bond acceptors (Lipinski definition) is 8. The molecule has 1 saturated heterocycles. The van der Waals surface area contributed by atoms with Gasteiger partial charge in [-0.15, -0.1) is 0 Å². The molecule has 0 aliphatic carbocycles. The number of likely N-dealkylation sites (N-methyl/N-ethyl adjacent to an activating group) is 1. The SMILES string of the molecule is CCCn1c(=O)c2c(nc(/C=C/c3cc(OC)c(OC)cc3S(=O)(=O)N3CCN(C)CC3)n2C)n(CCC)c1=O. The topological polar surface area (TPSA) is 121 Å². The molecule has 0 unspecified atom stereocenters. The van der Waals surface area contributed by atoms with Gasteiger partial charge in [-0.25, -0.2) is 18.2 Å². The molecule has 1 aliphatic rings. The summed E-state index contributed by atoms with van der Waals surface area (Å²) >= 11 is 0. The van der Waals surface area contributed by atoms with Crippen molar-refractivity contribution in [3.05, 3.63) is 44.4 Å². The molecule has 4 rings (SSSR count). The van der Waals surface area contributed by atoms with Gasteiger partial charge >= 0.3 is 5.69 Å². The molecule has 0 atom stereocenters. The first-order valence-corrected chi connectivity index (χ1v) is 14.9. The van der Waals surface area contributed by atoms with Crippen LogP contribution in [0.2, 0.25) is 0 Å². The van der Waals surface area contributed by atoms with Crippen molar-refractivity contribution in [2.24, 2.45) is 7.05 Å². The van der Waals surface area contributed by atoms with E-state index in [1.54, 1.807) is 29.8 Å². The Labute approximate surface area is 234 Å². The minimum absolute atomic E-state index is 0.0814. The molecular weight excluding hydrogens is 536 g/mol. The van der Waals surface area contributed by atoms with Crippen LogP contribution in [-0.2, 0) is 30.2 Å². The molecule has 1 aromatic carbocycles. The minimum Gasteiger partial charge on any atom is -0.493 e. The lowest BCUT2D eigenvalue weighted by atomic mass is 10.2. The summed E-state index contributed by atoms with van der Waals surface area (Å²) in [6, 6.07) is 3.09. The maximum absolute atomic E-state index is 13.8. The van der Waals surface area contributed by atoms with Gasteiger partial charge in [0.2, 0.25) is 10.0 Å². The molecule has 3 aromatic rings. The number of ether oxygens (including phenoxy) is 2. The number of aryl methyl sites for hydroxylation is 2. The summed E-state index contributed by atoms with van der Waals surface area (Å²) in [4.78, 5) is 33.2. The van der Waals surface area contributed by atoms with E-state index in [0.717, 1.165) is 0 Å². The van der Waals surface area contributed by atoms with Gasteiger partial charge in [0.25, 0.3) is 5.56 Å². The molecular formula is C27H38N6O6S. The molecule has 0 bridgehead atoms. The van der Waals surface area contributed by atoms with Gasteiger partial charge in [0.1, 0.15) is 5.82 Å². The molecule has 0 amide bonds. The Bertz CT molecular complexity index is 1640. The summed E-state index contributed by atoms with van der Waals surface area (Å²) < 4.78 is 44.3. The summed E-state index contributed by atoms with van der Waals surface area (Å²) in [7, 11) is 2.76. The number of nitrogens with zero attached hydrogens (tertiary/aromatic N) is 6. The molecule has 0 radical (unpaired) electrons. The van der Waals surface area contributed by atoms with E-state index in [9.17, 15) is 18.0 Å². The highest BCUT2D eigenvalue weighted by Gasteiger charge is 2.30. The standard InChI is InChI=1S/C27H38N6O6S/c1-7-11-32-25-24(26(34)33(12-8-2)27(32)35)30(4)23(28-25)10-9-19-17-20(38-5)21(39-6)18-22(19)40(36,37)31-15-13-29(3)14-16-31/h9-10,17-18H,7-8,11-16H2,1-6H3/b10-9+. The Kier molecular flexibility index (Phi) is 8.86. The van der Waals surface area contributed by atoms with Crippen molar-refractivity contribution in [1.29, 1.82) is 0 Å². The van der Waals surface area contributed by atoms with Crippen molar-refractivity contribution in [2.45, 2.75) is 44.7 Å². The molecule has 13 heteroatoms. The van der Waals surface area contributed by atoms with Crippen LogP contribution in [0.4, 0.5) is 0 Å². The predicted octanol–water partition coefficient (Wildman–Crippen LogP) is 1.84. The zero-order chi connectivity index (χ0) is 29.2. The Morgan fingerprint density at radius 1 is 0.900 bits per heavy atom. The van der Waals surface area contributed by atoms with Crippen molar-refractivity contribution >= 4 is 33.3 Å². The number of aromatic nitrogens is 4. The average molecular weight is 575 g/mol. The number of methoxy groups -OCH3 is 2. The average Bonchev–Trinajstić information content (AvgIpc) is 3.27. The summed E-state index contributed by atoms with van der Waals surface area (Å²) in [5.74, 6) is 1.09. The Hall–Kier alpha value is -3.42. The molecule has 3 heterocycles. The van der Waals surface area contributed by atoms with Crippen LogP contribution in [0.15, 0.2) is 26.6 Å². The number of sulfonamides is 1. The Morgan fingerprint density at radius 2 is 1.50 bits per heavy atom. The second-order valence-electron chi connectivity index (χ2n) is 9.88. The van der Waals surface area contributed by atoms with Crippen LogP contribution in [0, 0.1) is 0 Å². The van der Waals surface area contributed by atoms with Crippen molar-refractivity contribution in [3.8, 4) is 11.5 Å². The third-order valence-electron chi connectivity index (χ3n) is 7.18.